The average molecular weight is 465 g/mol. The first-order valence-electron chi connectivity index (χ1n) is 10.2. The molecule has 1 fully saturated rings. The van der Waals surface area contributed by atoms with Gasteiger partial charge in [0, 0.05) is 6.54 Å². The lowest BCUT2D eigenvalue weighted by molar-refractivity contribution is -0.135. The number of benzene rings is 2. The number of hydrogen-bond acceptors (Lipinski definition) is 5. The average Bonchev–Trinajstić information content (AvgIpc) is 2.73. The van der Waals surface area contributed by atoms with Gasteiger partial charge in [0.05, 0.1) is 16.3 Å². The quantitative estimate of drug-likeness (QED) is 0.655. The Morgan fingerprint density at radius 3 is 1.74 bits per heavy atom. The number of aryl methyl sites for hydroxylation is 2. The van der Waals surface area contributed by atoms with Gasteiger partial charge in [-0.15, -0.1) is 0 Å². The van der Waals surface area contributed by atoms with Crippen molar-refractivity contribution in [1.82, 2.24) is 8.61 Å². The van der Waals surface area contributed by atoms with Crippen LogP contribution in [0.4, 0.5) is 0 Å². The molecule has 1 aliphatic heterocycles. The lowest BCUT2D eigenvalue weighted by Crippen LogP contribution is -2.61. The van der Waals surface area contributed by atoms with Gasteiger partial charge in [-0.2, -0.15) is 4.31 Å². The molecule has 1 unspecified atom stereocenters. The molecule has 1 aliphatic rings. The number of nitrogens with zero attached hydrogens (tertiary/aromatic N) is 2. The fraction of sp³-hybridized carbons (Fsp3) is 0.409. The minimum atomic E-state index is -4.08. The Labute approximate surface area is 184 Å². The van der Waals surface area contributed by atoms with Crippen molar-refractivity contribution in [3.05, 3.63) is 59.7 Å². The second-order valence-electron chi connectivity index (χ2n) is 7.99. The Balaban J connectivity index is 2.01. The van der Waals surface area contributed by atoms with E-state index in [0.29, 0.717) is 6.42 Å². The van der Waals surface area contributed by atoms with Gasteiger partial charge in [0.15, 0.2) is 0 Å². The summed E-state index contributed by atoms with van der Waals surface area (Å²) in [7, 11) is -8.04. The molecule has 0 aliphatic carbocycles. The number of carbonyl (C=O) groups excluding carboxylic acids is 1. The molecule has 1 heterocycles. The second-order valence-corrected chi connectivity index (χ2v) is 11.7. The highest BCUT2D eigenvalue weighted by molar-refractivity contribution is 7.90. The molecular formula is C22H28N2O5S2. The Morgan fingerprint density at radius 1 is 0.839 bits per heavy atom. The van der Waals surface area contributed by atoms with Crippen LogP contribution in [0.1, 0.15) is 31.4 Å². The van der Waals surface area contributed by atoms with Crippen molar-refractivity contribution in [2.45, 2.75) is 49.9 Å². The molecule has 7 nitrogen and oxygen atoms in total. The van der Waals surface area contributed by atoms with E-state index in [9.17, 15) is 21.6 Å². The standard InChI is InChI=1S/C22H28N2O5S2/c1-5-18(4)21-22(25)24(31(28,29)20-12-8-17(3)9-13-20)15-14-23(21)30(26,27)19-10-6-16(2)7-11-19/h6-13,18,21H,5,14-15H2,1-4H3/t18?,21-/m0/s1. The summed E-state index contributed by atoms with van der Waals surface area (Å²) in [6, 6.07) is 11.6. The van der Waals surface area contributed by atoms with Gasteiger partial charge >= 0.3 is 0 Å². The highest BCUT2D eigenvalue weighted by Crippen LogP contribution is 2.30. The van der Waals surface area contributed by atoms with Gasteiger partial charge < -0.3 is 0 Å². The molecule has 0 spiro atoms. The predicted molar refractivity (Wildman–Crippen MR) is 118 cm³/mol. The van der Waals surface area contributed by atoms with E-state index in [0.717, 1.165) is 19.7 Å². The van der Waals surface area contributed by atoms with Crippen LogP contribution in [0.25, 0.3) is 0 Å². The Kier molecular flexibility index (Phi) is 6.59. The zero-order valence-electron chi connectivity index (χ0n) is 18.1. The van der Waals surface area contributed by atoms with Crippen molar-refractivity contribution in [3.8, 4) is 0 Å². The SMILES string of the molecule is CCC(C)[C@H]1C(=O)N(S(=O)(=O)c2ccc(C)cc2)CCN1S(=O)(=O)c1ccc(C)cc1. The molecule has 0 radical (unpaired) electrons. The van der Waals surface area contributed by atoms with E-state index in [2.05, 4.69) is 0 Å². The van der Waals surface area contributed by atoms with E-state index in [-0.39, 0.29) is 28.8 Å². The van der Waals surface area contributed by atoms with Crippen molar-refractivity contribution in [3.63, 3.8) is 0 Å². The first kappa shape index (κ1) is 23.4. The van der Waals surface area contributed by atoms with E-state index in [1.807, 2.05) is 20.8 Å². The number of carbonyl (C=O) groups is 1. The summed E-state index contributed by atoms with van der Waals surface area (Å²) in [4.78, 5) is 13.5. The van der Waals surface area contributed by atoms with Gasteiger partial charge in [-0.05, 0) is 44.0 Å². The molecule has 9 heteroatoms. The molecule has 0 saturated carbocycles. The van der Waals surface area contributed by atoms with Crippen molar-refractivity contribution < 1.29 is 21.6 Å². The fourth-order valence-corrected chi connectivity index (χ4v) is 6.72. The van der Waals surface area contributed by atoms with Crippen LogP contribution in [0.15, 0.2) is 58.3 Å². The van der Waals surface area contributed by atoms with E-state index in [1.165, 1.54) is 24.3 Å². The molecule has 0 N–H and O–H groups in total. The van der Waals surface area contributed by atoms with Gasteiger partial charge in [0.25, 0.3) is 15.9 Å². The van der Waals surface area contributed by atoms with Crippen LogP contribution in [-0.4, -0.2) is 50.5 Å². The van der Waals surface area contributed by atoms with Gasteiger partial charge in [0.2, 0.25) is 10.0 Å². The van der Waals surface area contributed by atoms with Gasteiger partial charge in [-0.1, -0.05) is 55.7 Å². The Morgan fingerprint density at radius 2 is 1.29 bits per heavy atom. The summed E-state index contributed by atoms with van der Waals surface area (Å²) in [5, 5.41) is 0. The fourth-order valence-electron chi connectivity index (χ4n) is 3.65. The molecule has 31 heavy (non-hydrogen) atoms. The van der Waals surface area contributed by atoms with Gasteiger partial charge in [-0.3, -0.25) is 4.79 Å². The van der Waals surface area contributed by atoms with E-state index < -0.39 is 32.0 Å². The van der Waals surface area contributed by atoms with Crippen molar-refractivity contribution >= 4 is 26.0 Å². The molecule has 2 aromatic rings. The van der Waals surface area contributed by atoms with Gasteiger partial charge in [0.1, 0.15) is 6.04 Å². The lowest BCUT2D eigenvalue weighted by atomic mass is 9.97. The van der Waals surface area contributed by atoms with Crippen LogP contribution in [0.3, 0.4) is 0 Å². The summed E-state index contributed by atoms with van der Waals surface area (Å²) >= 11 is 0. The maximum Gasteiger partial charge on any atom is 0.266 e. The number of hydrogen-bond donors (Lipinski definition) is 0. The third kappa shape index (κ3) is 4.40. The Hall–Kier alpha value is -2.23. The third-order valence-corrected chi connectivity index (χ3v) is 9.46. The molecule has 1 amide bonds. The van der Waals surface area contributed by atoms with E-state index >= 15 is 0 Å². The normalized spacial score (nSPS) is 19.4. The third-order valence-electron chi connectivity index (χ3n) is 5.75. The number of rotatable bonds is 6. The first-order valence-corrected chi connectivity index (χ1v) is 13.1. The number of piperazine rings is 1. The van der Waals surface area contributed by atoms with Gasteiger partial charge in [-0.25, -0.2) is 21.1 Å². The molecular weight excluding hydrogens is 436 g/mol. The monoisotopic (exact) mass is 464 g/mol. The molecule has 0 bridgehead atoms. The van der Waals surface area contributed by atoms with Crippen molar-refractivity contribution in [1.29, 1.82) is 0 Å². The molecule has 168 valence electrons. The minimum absolute atomic E-state index is 0.0178. The van der Waals surface area contributed by atoms with Crippen molar-refractivity contribution in [2.75, 3.05) is 13.1 Å². The summed E-state index contributed by atoms with van der Waals surface area (Å²) in [6.07, 6.45) is 0.523. The maximum atomic E-state index is 13.4. The lowest BCUT2D eigenvalue weighted by Gasteiger charge is -2.41. The molecule has 2 atom stereocenters. The van der Waals surface area contributed by atoms with Crippen LogP contribution >= 0.6 is 0 Å². The zero-order chi connectivity index (χ0) is 23.0. The van der Waals surface area contributed by atoms with Crippen LogP contribution < -0.4 is 0 Å². The molecule has 3 rings (SSSR count). The molecule has 1 saturated heterocycles. The van der Waals surface area contributed by atoms with Crippen LogP contribution in [0, 0.1) is 19.8 Å². The number of amides is 1. The summed E-state index contributed by atoms with van der Waals surface area (Å²) in [5.74, 6) is -1.07. The summed E-state index contributed by atoms with van der Waals surface area (Å²) in [6.45, 7) is 6.99. The highest BCUT2D eigenvalue weighted by Gasteiger charge is 2.47. The van der Waals surface area contributed by atoms with Crippen LogP contribution in [0.5, 0.6) is 0 Å². The first-order chi connectivity index (χ1) is 14.5. The number of sulfonamides is 2. The van der Waals surface area contributed by atoms with E-state index in [1.54, 1.807) is 31.2 Å². The minimum Gasteiger partial charge on any atom is -0.272 e. The predicted octanol–water partition coefficient (Wildman–Crippen LogP) is 2.94. The smallest absolute Gasteiger partial charge is 0.266 e. The van der Waals surface area contributed by atoms with Crippen LogP contribution in [-0.2, 0) is 24.8 Å². The largest absolute Gasteiger partial charge is 0.272 e. The second kappa shape index (κ2) is 8.72. The topological polar surface area (TPSA) is 91.8 Å². The summed E-state index contributed by atoms with van der Waals surface area (Å²) in [5.41, 5.74) is 1.82. The van der Waals surface area contributed by atoms with Crippen molar-refractivity contribution in [2.24, 2.45) is 5.92 Å². The summed E-state index contributed by atoms with van der Waals surface area (Å²) < 4.78 is 55.0. The maximum absolute atomic E-state index is 13.4. The Bertz CT molecular complexity index is 1160. The van der Waals surface area contributed by atoms with E-state index in [4.69, 9.17) is 0 Å². The molecule has 0 aromatic heterocycles. The molecule has 2 aromatic carbocycles. The highest BCUT2D eigenvalue weighted by atomic mass is 32.2. The van der Waals surface area contributed by atoms with Crippen LogP contribution in [0.2, 0.25) is 0 Å². The zero-order valence-corrected chi connectivity index (χ0v) is 19.8.